The summed E-state index contributed by atoms with van der Waals surface area (Å²) in [6.45, 7) is 6.42. The maximum absolute atomic E-state index is 12.5. The maximum atomic E-state index is 12.5. The van der Waals surface area contributed by atoms with Gasteiger partial charge in [-0.15, -0.1) is 0 Å². The van der Waals surface area contributed by atoms with Crippen LogP contribution in [-0.2, 0) is 13.1 Å². The van der Waals surface area contributed by atoms with Gasteiger partial charge in [0.05, 0.1) is 5.56 Å². The van der Waals surface area contributed by atoms with E-state index in [9.17, 15) is 9.59 Å². The highest BCUT2D eigenvalue weighted by molar-refractivity contribution is 5.87. The molecule has 1 atom stereocenters. The number of nitrogens with one attached hydrogen (secondary N) is 1. The van der Waals surface area contributed by atoms with Gasteiger partial charge in [-0.25, -0.2) is 19.3 Å². The number of hydrogen-bond donors (Lipinski definition) is 2. The topological polar surface area (TPSA) is 100 Å². The fourth-order valence-corrected chi connectivity index (χ4v) is 3.43. The lowest BCUT2D eigenvalue weighted by molar-refractivity contribution is 0.0697. The molecule has 27 heavy (non-hydrogen) atoms. The molecule has 0 spiro atoms. The number of likely N-dealkylation sites (tertiary alicyclic amines) is 1. The molecule has 1 aliphatic rings. The summed E-state index contributed by atoms with van der Waals surface area (Å²) in [6.07, 6.45) is 2.04. The van der Waals surface area contributed by atoms with Crippen molar-refractivity contribution in [2.75, 3.05) is 13.1 Å². The third-order valence-corrected chi connectivity index (χ3v) is 4.84. The first-order valence-corrected chi connectivity index (χ1v) is 9.15. The van der Waals surface area contributed by atoms with Gasteiger partial charge in [-0.2, -0.15) is 5.10 Å². The zero-order valence-electron chi connectivity index (χ0n) is 15.7. The molecule has 1 fully saturated rings. The van der Waals surface area contributed by atoms with Gasteiger partial charge in [-0.1, -0.05) is 12.1 Å². The van der Waals surface area contributed by atoms with Crippen molar-refractivity contribution in [3.63, 3.8) is 0 Å². The van der Waals surface area contributed by atoms with Crippen molar-refractivity contribution in [3.05, 3.63) is 47.0 Å². The summed E-state index contributed by atoms with van der Waals surface area (Å²) in [5.41, 5.74) is 1.11. The average Bonchev–Trinajstić information content (AvgIpc) is 2.97. The summed E-state index contributed by atoms with van der Waals surface area (Å²) in [4.78, 5) is 29.6. The predicted octanol–water partition coefficient (Wildman–Crippen LogP) is 2.21. The molecule has 144 valence electrons. The first kappa shape index (κ1) is 18.9. The summed E-state index contributed by atoms with van der Waals surface area (Å²) >= 11 is 0. The Kier molecular flexibility index (Phi) is 5.73. The molecule has 8 nitrogen and oxygen atoms in total. The van der Waals surface area contributed by atoms with Crippen LogP contribution in [0.5, 0.6) is 0 Å². The number of urea groups is 1. The highest BCUT2D eigenvalue weighted by atomic mass is 16.4. The number of nitrogens with zero attached hydrogens (tertiary/aromatic N) is 4. The van der Waals surface area contributed by atoms with Crippen LogP contribution in [0, 0.1) is 19.8 Å². The van der Waals surface area contributed by atoms with Gasteiger partial charge in [0.25, 0.3) is 0 Å². The van der Waals surface area contributed by atoms with E-state index in [0.717, 1.165) is 43.1 Å². The standard InChI is InChI=1S/C19H25N5O3/c1-13-21-14(2)24(22-13)12-16-4-3-9-23(11-16)19(27)20-10-15-5-7-17(8-6-15)18(25)26/h5-8,16H,3-4,9-12H2,1-2H3,(H,20,27)(H,25,26). The molecule has 1 saturated heterocycles. The number of carbonyl (C=O) groups is 2. The molecule has 3 rings (SSSR count). The van der Waals surface area contributed by atoms with Crippen LogP contribution in [0.4, 0.5) is 4.79 Å². The maximum Gasteiger partial charge on any atom is 0.335 e. The lowest BCUT2D eigenvalue weighted by Crippen LogP contribution is -2.46. The number of carbonyl (C=O) groups excluding carboxylic acids is 1. The molecule has 0 aliphatic carbocycles. The van der Waals surface area contributed by atoms with Gasteiger partial charge >= 0.3 is 12.0 Å². The third-order valence-electron chi connectivity index (χ3n) is 4.84. The molecule has 0 radical (unpaired) electrons. The molecular formula is C19H25N5O3. The number of carboxylic acids is 1. The molecule has 2 heterocycles. The van der Waals surface area contributed by atoms with Crippen LogP contribution in [0.25, 0.3) is 0 Å². The van der Waals surface area contributed by atoms with Crippen LogP contribution >= 0.6 is 0 Å². The lowest BCUT2D eigenvalue weighted by Gasteiger charge is -2.32. The second-order valence-electron chi connectivity index (χ2n) is 7.00. The first-order chi connectivity index (χ1) is 12.9. The Bertz CT molecular complexity index is 815. The molecule has 2 N–H and O–H groups in total. The highest BCUT2D eigenvalue weighted by Crippen LogP contribution is 2.19. The SMILES string of the molecule is Cc1nc(C)n(CC2CCCN(C(=O)NCc3ccc(C(=O)O)cc3)C2)n1. The van der Waals surface area contributed by atoms with Crippen molar-refractivity contribution < 1.29 is 14.7 Å². The quantitative estimate of drug-likeness (QED) is 0.839. The Hall–Kier alpha value is -2.90. The fraction of sp³-hybridized carbons (Fsp3) is 0.474. The highest BCUT2D eigenvalue weighted by Gasteiger charge is 2.24. The first-order valence-electron chi connectivity index (χ1n) is 9.15. The minimum absolute atomic E-state index is 0.0893. The van der Waals surface area contributed by atoms with E-state index in [1.165, 1.54) is 0 Å². The van der Waals surface area contributed by atoms with Crippen LogP contribution in [0.1, 0.15) is 40.4 Å². The Morgan fingerprint density at radius 1 is 1.26 bits per heavy atom. The molecule has 0 saturated carbocycles. The number of benzene rings is 1. The second-order valence-corrected chi connectivity index (χ2v) is 7.00. The van der Waals surface area contributed by atoms with Crippen LogP contribution in [0.15, 0.2) is 24.3 Å². The number of aromatic nitrogens is 3. The van der Waals surface area contributed by atoms with Crippen molar-refractivity contribution in [2.24, 2.45) is 5.92 Å². The van der Waals surface area contributed by atoms with E-state index >= 15 is 0 Å². The average molecular weight is 371 g/mol. The van der Waals surface area contributed by atoms with E-state index in [1.54, 1.807) is 24.3 Å². The lowest BCUT2D eigenvalue weighted by atomic mass is 9.98. The van der Waals surface area contributed by atoms with E-state index in [4.69, 9.17) is 5.11 Å². The van der Waals surface area contributed by atoms with Gasteiger partial charge in [0.2, 0.25) is 0 Å². The summed E-state index contributed by atoms with van der Waals surface area (Å²) in [7, 11) is 0. The molecule has 2 amide bonds. The van der Waals surface area contributed by atoms with Crippen LogP contribution < -0.4 is 5.32 Å². The zero-order valence-corrected chi connectivity index (χ0v) is 15.7. The van der Waals surface area contributed by atoms with Crippen molar-refractivity contribution in [3.8, 4) is 0 Å². The number of rotatable bonds is 5. The Morgan fingerprint density at radius 3 is 2.63 bits per heavy atom. The number of aromatic carboxylic acids is 1. The van der Waals surface area contributed by atoms with Gasteiger partial charge in [0.15, 0.2) is 0 Å². The molecule has 8 heteroatoms. The Morgan fingerprint density at radius 2 is 2.00 bits per heavy atom. The minimum Gasteiger partial charge on any atom is -0.478 e. The number of hydrogen-bond acceptors (Lipinski definition) is 4. The number of carboxylic acid groups (broad SMARTS) is 1. The zero-order chi connectivity index (χ0) is 19.4. The molecule has 2 aromatic rings. The Labute approximate surface area is 158 Å². The van der Waals surface area contributed by atoms with Crippen molar-refractivity contribution in [1.29, 1.82) is 0 Å². The van der Waals surface area contributed by atoms with Gasteiger partial charge in [0.1, 0.15) is 11.6 Å². The molecular weight excluding hydrogens is 346 g/mol. The monoisotopic (exact) mass is 371 g/mol. The van der Waals surface area contributed by atoms with Crippen molar-refractivity contribution in [2.45, 2.75) is 39.8 Å². The largest absolute Gasteiger partial charge is 0.478 e. The smallest absolute Gasteiger partial charge is 0.335 e. The number of amides is 2. The Balaban J connectivity index is 1.52. The van der Waals surface area contributed by atoms with E-state index < -0.39 is 5.97 Å². The van der Waals surface area contributed by atoms with Crippen LogP contribution in [-0.4, -0.2) is 49.9 Å². The molecule has 1 aliphatic heterocycles. The second kappa shape index (κ2) is 8.20. The summed E-state index contributed by atoms with van der Waals surface area (Å²) in [6, 6.07) is 6.44. The van der Waals surface area contributed by atoms with Gasteiger partial charge in [-0.05, 0) is 50.3 Å². The van der Waals surface area contributed by atoms with E-state index in [0.29, 0.717) is 19.0 Å². The van der Waals surface area contributed by atoms with Crippen LogP contribution in [0.3, 0.4) is 0 Å². The molecule has 1 unspecified atom stereocenters. The number of aryl methyl sites for hydroxylation is 2. The van der Waals surface area contributed by atoms with Crippen molar-refractivity contribution >= 4 is 12.0 Å². The third kappa shape index (κ3) is 4.84. The predicted molar refractivity (Wildman–Crippen MR) is 99.4 cm³/mol. The normalized spacial score (nSPS) is 17.0. The molecule has 0 bridgehead atoms. The summed E-state index contributed by atoms with van der Waals surface area (Å²) in [5, 5.41) is 16.3. The van der Waals surface area contributed by atoms with E-state index in [2.05, 4.69) is 15.4 Å². The summed E-state index contributed by atoms with van der Waals surface area (Å²) in [5.74, 6) is 1.08. The van der Waals surface area contributed by atoms with Crippen molar-refractivity contribution in [1.82, 2.24) is 25.0 Å². The van der Waals surface area contributed by atoms with E-state index in [-0.39, 0.29) is 11.6 Å². The molecule has 1 aromatic heterocycles. The molecule has 1 aromatic carbocycles. The van der Waals surface area contributed by atoms with Gasteiger partial charge in [-0.3, -0.25) is 0 Å². The van der Waals surface area contributed by atoms with Gasteiger partial charge < -0.3 is 15.3 Å². The summed E-state index contributed by atoms with van der Waals surface area (Å²) < 4.78 is 1.92. The minimum atomic E-state index is -0.956. The fourth-order valence-electron chi connectivity index (χ4n) is 3.43. The van der Waals surface area contributed by atoms with Gasteiger partial charge in [0, 0.05) is 26.2 Å². The number of piperidine rings is 1. The van der Waals surface area contributed by atoms with Crippen LogP contribution in [0.2, 0.25) is 0 Å². The van der Waals surface area contributed by atoms with E-state index in [1.807, 2.05) is 23.4 Å².